The van der Waals surface area contributed by atoms with Crippen molar-refractivity contribution in [1.29, 1.82) is 0 Å². The summed E-state index contributed by atoms with van der Waals surface area (Å²) in [6, 6.07) is 0. The van der Waals surface area contributed by atoms with Gasteiger partial charge in [0.15, 0.2) is 0 Å². The number of nitrogens with two attached hydrogens (primary N) is 1. The summed E-state index contributed by atoms with van der Waals surface area (Å²) in [5.41, 5.74) is 3.24. The molecule has 0 saturated carbocycles. The lowest BCUT2D eigenvalue weighted by Gasteiger charge is -2.53. The summed E-state index contributed by atoms with van der Waals surface area (Å²) in [4.78, 5) is 34.7. The quantitative estimate of drug-likeness (QED) is 0.424. The smallest absolute Gasteiger partial charge is 0.353 e. The Labute approximate surface area is 105 Å². The Balaban J connectivity index is 2.47. The number of carbonyl (C=O) groups is 3. The van der Waals surface area contributed by atoms with Gasteiger partial charge in [0, 0.05) is 12.9 Å². The normalized spacial score (nSPS) is 30.9. The van der Waals surface area contributed by atoms with E-state index >= 15 is 0 Å². The Morgan fingerprint density at radius 3 is 2.56 bits per heavy atom. The highest BCUT2D eigenvalue weighted by Gasteiger charge is 2.64. The van der Waals surface area contributed by atoms with Gasteiger partial charge in [0.25, 0.3) is 5.91 Å². The summed E-state index contributed by atoms with van der Waals surface area (Å²) in [6.07, 6.45) is 0. The number of aliphatic carboxylic acids is 2. The van der Waals surface area contributed by atoms with E-state index in [1.165, 1.54) is 7.11 Å². The molecule has 2 aliphatic rings. The number of nitrogens with zero attached hydrogens (tertiary/aromatic N) is 1. The molecule has 18 heavy (non-hydrogen) atoms. The highest BCUT2D eigenvalue weighted by Crippen LogP contribution is 2.45. The van der Waals surface area contributed by atoms with Crippen LogP contribution in [0.1, 0.15) is 0 Å². The minimum atomic E-state index is -1.59. The number of hydrogen-bond donors (Lipinski definition) is 3. The highest BCUT2D eigenvalue weighted by molar-refractivity contribution is 8.00. The fourth-order valence-electron chi connectivity index (χ4n) is 1.90. The van der Waals surface area contributed by atoms with Crippen LogP contribution >= 0.6 is 11.8 Å². The molecular weight excluding hydrogens is 264 g/mol. The number of carbonyl (C=O) groups excluding carboxylic acids is 1. The van der Waals surface area contributed by atoms with Gasteiger partial charge in [-0.05, 0) is 0 Å². The molecule has 98 valence electrons. The second-order valence-electron chi connectivity index (χ2n) is 3.77. The third-order valence-electron chi connectivity index (χ3n) is 2.87. The molecule has 8 nitrogen and oxygen atoms in total. The number of carboxylic acids is 2. The van der Waals surface area contributed by atoms with Gasteiger partial charge in [-0.15, -0.1) is 11.8 Å². The first-order chi connectivity index (χ1) is 8.34. The van der Waals surface area contributed by atoms with E-state index in [-0.39, 0.29) is 11.3 Å². The number of amides is 1. The number of rotatable bonds is 3. The van der Waals surface area contributed by atoms with Gasteiger partial charge >= 0.3 is 11.9 Å². The molecule has 0 aromatic rings. The largest absolute Gasteiger partial charge is 0.478 e. The summed E-state index contributed by atoms with van der Waals surface area (Å²) in [5, 5.41) is 17.2. The predicted octanol–water partition coefficient (Wildman–Crippen LogP) is -1.37. The third kappa shape index (κ3) is 1.44. The van der Waals surface area contributed by atoms with Gasteiger partial charge in [-0.1, -0.05) is 0 Å². The minimum absolute atomic E-state index is 0.0479. The molecule has 0 aliphatic carbocycles. The third-order valence-corrected chi connectivity index (χ3v) is 4.20. The van der Waals surface area contributed by atoms with Crippen LogP contribution in [0.2, 0.25) is 0 Å². The van der Waals surface area contributed by atoms with Gasteiger partial charge < -0.3 is 14.9 Å². The maximum atomic E-state index is 11.8. The van der Waals surface area contributed by atoms with Crippen molar-refractivity contribution in [3.05, 3.63) is 11.3 Å². The lowest BCUT2D eigenvalue weighted by Crippen LogP contribution is -2.78. The first-order valence-corrected chi connectivity index (χ1v) is 5.88. The van der Waals surface area contributed by atoms with Crippen molar-refractivity contribution in [2.75, 3.05) is 12.9 Å². The van der Waals surface area contributed by atoms with Crippen LogP contribution in [-0.2, 0) is 19.1 Å². The molecule has 0 spiro atoms. The van der Waals surface area contributed by atoms with Crippen molar-refractivity contribution in [2.24, 2.45) is 5.73 Å². The maximum Gasteiger partial charge on any atom is 0.353 e. The van der Waals surface area contributed by atoms with Crippen LogP contribution in [0.3, 0.4) is 0 Å². The van der Waals surface area contributed by atoms with Crippen molar-refractivity contribution >= 4 is 29.6 Å². The first-order valence-electron chi connectivity index (χ1n) is 4.83. The maximum absolute atomic E-state index is 11.8. The Hall–Kier alpha value is -1.58. The molecule has 1 amide bonds. The molecule has 0 aromatic carbocycles. The van der Waals surface area contributed by atoms with E-state index in [9.17, 15) is 14.4 Å². The Morgan fingerprint density at radius 1 is 1.50 bits per heavy atom. The van der Waals surface area contributed by atoms with Crippen LogP contribution in [0, 0.1) is 0 Å². The van der Waals surface area contributed by atoms with Gasteiger partial charge in [0.1, 0.15) is 11.1 Å². The molecule has 0 bridgehead atoms. The van der Waals surface area contributed by atoms with E-state index in [2.05, 4.69) is 0 Å². The number of hydrogen-bond acceptors (Lipinski definition) is 6. The number of methoxy groups -OCH3 is 1. The van der Waals surface area contributed by atoms with E-state index in [0.29, 0.717) is 0 Å². The monoisotopic (exact) mass is 274 g/mol. The SMILES string of the molecule is COC1(N)C(=O)N2C(C(=O)O)=C(C(=O)O)CS[C@H]21. The summed E-state index contributed by atoms with van der Waals surface area (Å²) in [7, 11) is 1.24. The van der Waals surface area contributed by atoms with Crippen molar-refractivity contribution < 1.29 is 29.3 Å². The second-order valence-corrected chi connectivity index (χ2v) is 4.84. The fraction of sp³-hybridized carbons (Fsp3) is 0.444. The van der Waals surface area contributed by atoms with E-state index in [1.807, 2.05) is 0 Å². The average Bonchev–Trinajstić information content (AvgIpc) is 2.34. The first kappa shape index (κ1) is 12.9. The second kappa shape index (κ2) is 3.97. The van der Waals surface area contributed by atoms with Crippen LogP contribution in [0.4, 0.5) is 0 Å². The number of thioether (sulfide) groups is 1. The van der Waals surface area contributed by atoms with E-state index in [0.717, 1.165) is 16.7 Å². The molecule has 0 radical (unpaired) electrons. The summed E-state index contributed by atoms with van der Waals surface area (Å²) >= 11 is 1.06. The van der Waals surface area contributed by atoms with Crippen LogP contribution in [-0.4, -0.2) is 56.9 Å². The zero-order chi connectivity index (χ0) is 13.7. The topological polar surface area (TPSA) is 130 Å². The van der Waals surface area contributed by atoms with Crippen LogP contribution in [0.25, 0.3) is 0 Å². The van der Waals surface area contributed by atoms with Crippen molar-refractivity contribution in [3.8, 4) is 0 Å². The molecule has 0 aromatic heterocycles. The number of fused-ring (bicyclic) bond motifs is 1. The molecule has 2 rings (SSSR count). The molecule has 2 heterocycles. The number of carboxylic acid groups (broad SMARTS) is 2. The van der Waals surface area contributed by atoms with Gasteiger partial charge in [0.05, 0.1) is 5.57 Å². The fourth-order valence-corrected chi connectivity index (χ4v) is 3.28. The zero-order valence-electron chi connectivity index (χ0n) is 9.24. The van der Waals surface area contributed by atoms with Gasteiger partial charge in [0.2, 0.25) is 5.72 Å². The van der Waals surface area contributed by atoms with Gasteiger partial charge in [-0.25, -0.2) is 9.59 Å². The predicted molar refractivity (Wildman–Crippen MR) is 59.3 cm³/mol. The Bertz CT molecular complexity index is 489. The molecular formula is C9H10N2O6S. The molecule has 1 unspecified atom stereocenters. The molecule has 2 aliphatic heterocycles. The molecule has 1 saturated heterocycles. The lowest BCUT2D eigenvalue weighted by atomic mass is 9.99. The molecule has 1 fully saturated rings. The van der Waals surface area contributed by atoms with Gasteiger partial charge in [-0.2, -0.15) is 0 Å². The van der Waals surface area contributed by atoms with E-state index in [4.69, 9.17) is 20.7 Å². The van der Waals surface area contributed by atoms with Crippen molar-refractivity contribution in [2.45, 2.75) is 11.1 Å². The van der Waals surface area contributed by atoms with Crippen LogP contribution in [0.15, 0.2) is 11.3 Å². The van der Waals surface area contributed by atoms with E-state index < -0.39 is 34.6 Å². The van der Waals surface area contributed by atoms with Crippen molar-refractivity contribution in [1.82, 2.24) is 4.90 Å². The standard InChI is InChI=1S/C9H10N2O6S/c1-17-9(10)7(16)11-4(6(14)15)3(5(12)13)2-18-8(9)11/h8H,2,10H2,1H3,(H,12,13)(H,14,15)/t8-,9?/m0/s1. The summed E-state index contributed by atoms with van der Waals surface area (Å²) < 4.78 is 4.88. The van der Waals surface area contributed by atoms with Crippen molar-refractivity contribution in [3.63, 3.8) is 0 Å². The lowest BCUT2D eigenvalue weighted by molar-refractivity contribution is -0.183. The molecule has 9 heteroatoms. The summed E-state index contributed by atoms with van der Waals surface area (Å²) in [5.74, 6) is -3.63. The van der Waals surface area contributed by atoms with E-state index in [1.54, 1.807) is 0 Å². The number of ether oxygens (including phenoxy) is 1. The van der Waals surface area contributed by atoms with Crippen LogP contribution < -0.4 is 5.73 Å². The average molecular weight is 274 g/mol. The highest BCUT2D eigenvalue weighted by atomic mass is 32.2. The van der Waals surface area contributed by atoms with Gasteiger partial charge in [-0.3, -0.25) is 15.4 Å². The Morgan fingerprint density at radius 2 is 2.11 bits per heavy atom. The molecule has 4 N–H and O–H groups in total. The molecule has 2 atom stereocenters. The summed E-state index contributed by atoms with van der Waals surface area (Å²) in [6.45, 7) is 0. The zero-order valence-corrected chi connectivity index (χ0v) is 10.1. The van der Waals surface area contributed by atoms with Crippen LogP contribution in [0.5, 0.6) is 0 Å². The number of β-lactam (4-membered cyclic amide) rings is 1. The Kier molecular flexibility index (Phi) is 2.84. The minimum Gasteiger partial charge on any atom is -0.478 e.